The lowest BCUT2D eigenvalue weighted by atomic mass is 9.94. The molecule has 2 rings (SSSR count). The molecule has 2 atom stereocenters. The van der Waals surface area contributed by atoms with Crippen molar-refractivity contribution in [3.05, 3.63) is 34.9 Å². The van der Waals surface area contributed by atoms with Crippen LogP contribution in [0, 0.1) is 13.8 Å². The molecule has 8 heteroatoms. The summed E-state index contributed by atoms with van der Waals surface area (Å²) in [6.45, 7) is 11.8. The zero-order valence-electron chi connectivity index (χ0n) is 22.9. The van der Waals surface area contributed by atoms with Crippen LogP contribution in [0.15, 0.2) is 18.2 Å². The summed E-state index contributed by atoms with van der Waals surface area (Å²) in [7, 11) is 0. The fraction of sp³-hybridized carbons (Fsp3) is 0.679. The minimum Gasteiger partial charge on any atom is -0.444 e. The lowest BCUT2D eigenvalue weighted by Gasteiger charge is -2.35. The SMILES string of the molecule is CCCCN(C(=O)C(CS)NC(=O)OC(C)(C)C)C(C(=O)NC1CCCCC1)c1ccc(C)c(C)c1. The zero-order valence-corrected chi connectivity index (χ0v) is 23.7. The standard InChI is InChI=1S/C28H45N3O4S/c1-7-8-16-31(26(33)23(18-36)30-27(34)35-28(4,5)6)24(21-15-14-19(2)20(3)17-21)25(32)29-22-12-10-9-11-13-22/h14-15,17,22-24,36H,7-13,16,18H2,1-6H3,(H,29,32)(H,30,34). The number of alkyl carbamates (subject to hydrolysis) is 1. The fourth-order valence-electron chi connectivity index (χ4n) is 4.47. The van der Waals surface area contributed by atoms with Crippen molar-refractivity contribution in [3.63, 3.8) is 0 Å². The van der Waals surface area contributed by atoms with E-state index >= 15 is 0 Å². The van der Waals surface area contributed by atoms with Crippen molar-refractivity contribution < 1.29 is 19.1 Å². The molecule has 1 saturated carbocycles. The Morgan fingerprint density at radius 1 is 1.11 bits per heavy atom. The Morgan fingerprint density at radius 2 is 1.78 bits per heavy atom. The second kappa shape index (κ2) is 13.9. The van der Waals surface area contributed by atoms with E-state index in [9.17, 15) is 14.4 Å². The van der Waals surface area contributed by atoms with Crippen molar-refractivity contribution in [1.29, 1.82) is 0 Å². The van der Waals surface area contributed by atoms with Crippen molar-refractivity contribution in [2.24, 2.45) is 0 Å². The number of ether oxygens (including phenoxy) is 1. The first kappa shape index (κ1) is 30.0. The third-order valence-corrected chi connectivity index (χ3v) is 6.93. The third-order valence-electron chi connectivity index (χ3n) is 6.57. The fourth-order valence-corrected chi connectivity index (χ4v) is 4.71. The summed E-state index contributed by atoms with van der Waals surface area (Å²) in [6.07, 6.45) is 6.20. The summed E-state index contributed by atoms with van der Waals surface area (Å²) in [5.41, 5.74) is 2.25. The monoisotopic (exact) mass is 519 g/mol. The molecule has 2 N–H and O–H groups in total. The van der Waals surface area contributed by atoms with Crippen LogP contribution >= 0.6 is 12.6 Å². The summed E-state index contributed by atoms with van der Waals surface area (Å²) in [4.78, 5) is 41.8. The van der Waals surface area contributed by atoms with Crippen molar-refractivity contribution in [3.8, 4) is 0 Å². The molecular formula is C28H45N3O4S. The molecule has 36 heavy (non-hydrogen) atoms. The van der Waals surface area contributed by atoms with Crippen molar-refractivity contribution in [1.82, 2.24) is 15.5 Å². The topological polar surface area (TPSA) is 87.7 Å². The van der Waals surface area contributed by atoms with E-state index in [0.717, 1.165) is 55.2 Å². The number of aryl methyl sites for hydroxylation is 2. The lowest BCUT2D eigenvalue weighted by Crippen LogP contribution is -2.54. The van der Waals surface area contributed by atoms with E-state index in [0.29, 0.717) is 6.54 Å². The zero-order chi connectivity index (χ0) is 26.9. The third kappa shape index (κ3) is 9.02. The maximum Gasteiger partial charge on any atom is 0.408 e. The van der Waals surface area contributed by atoms with Crippen molar-refractivity contribution in [2.75, 3.05) is 12.3 Å². The summed E-state index contributed by atoms with van der Waals surface area (Å²) in [5, 5.41) is 5.89. The van der Waals surface area contributed by atoms with Gasteiger partial charge in [-0.15, -0.1) is 0 Å². The number of carbonyl (C=O) groups is 3. The number of unbranched alkanes of at least 4 members (excludes halogenated alkanes) is 1. The number of amides is 3. The molecular weight excluding hydrogens is 474 g/mol. The highest BCUT2D eigenvalue weighted by atomic mass is 32.1. The molecule has 2 unspecified atom stereocenters. The molecule has 3 amide bonds. The van der Waals surface area contributed by atoms with Gasteiger partial charge in [-0.25, -0.2) is 4.79 Å². The van der Waals surface area contributed by atoms with Gasteiger partial charge in [-0.3, -0.25) is 9.59 Å². The number of hydrogen-bond donors (Lipinski definition) is 3. The lowest BCUT2D eigenvalue weighted by molar-refractivity contribution is -0.142. The van der Waals surface area contributed by atoms with Gasteiger partial charge >= 0.3 is 6.09 Å². The van der Waals surface area contributed by atoms with Crippen LogP contribution in [0.4, 0.5) is 4.79 Å². The van der Waals surface area contributed by atoms with Gasteiger partial charge in [-0.05, 0) is 70.6 Å². The summed E-state index contributed by atoms with van der Waals surface area (Å²) in [5.74, 6) is -0.430. The molecule has 1 aromatic carbocycles. The molecule has 0 bridgehead atoms. The number of thiol groups is 1. The number of nitrogens with one attached hydrogen (secondary N) is 2. The minimum absolute atomic E-state index is 0.0879. The van der Waals surface area contributed by atoms with Gasteiger partial charge in [0.25, 0.3) is 0 Å². The number of rotatable bonds is 10. The maximum absolute atomic E-state index is 13.9. The molecule has 0 heterocycles. The first-order valence-electron chi connectivity index (χ1n) is 13.2. The molecule has 1 fully saturated rings. The molecule has 1 aliphatic rings. The first-order chi connectivity index (χ1) is 17.0. The van der Waals surface area contributed by atoms with Gasteiger partial charge in [-0.2, -0.15) is 12.6 Å². The number of nitrogens with zero attached hydrogens (tertiary/aromatic N) is 1. The first-order valence-corrected chi connectivity index (χ1v) is 13.9. The van der Waals surface area contributed by atoms with Gasteiger partial charge < -0.3 is 20.3 Å². The van der Waals surface area contributed by atoms with Crippen LogP contribution in [0.1, 0.15) is 95.4 Å². The molecule has 0 aliphatic heterocycles. The Balaban J connectivity index is 2.41. The Kier molecular flexibility index (Phi) is 11.6. The number of carbonyl (C=O) groups excluding carboxylic acids is 3. The van der Waals surface area contributed by atoms with Gasteiger partial charge in [0.05, 0.1) is 0 Å². The largest absolute Gasteiger partial charge is 0.444 e. The highest BCUT2D eigenvalue weighted by Gasteiger charge is 2.36. The maximum atomic E-state index is 13.9. The number of benzene rings is 1. The van der Waals surface area contributed by atoms with Gasteiger partial charge in [-0.1, -0.05) is 50.8 Å². The second-order valence-electron chi connectivity index (χ2n) is 10.9. The summed E-state index contributed by atoms with van der Waals surface area (Å²) >= 11 is 4.35. The van der Waals surface area contributed by atoms with E-state index in [-0.39, 0.29) is 23.6 Å². The molecule has 1 aromatic rings. The molecule has 0 aromatic heterocycles. The molecule has 0 saturated heterocycles. The Labute approximate surface area is 222 Å². The molecule has 0 spiro atoms. The molecule has 0 radical (unpaired) electrons. The average Bonchev–Trinajstić information content (AvgIpc) is 2.81. The Bertz CT molecular complexity index is 893. The van der Waals surface area contributed by atoms with Crippen molar-refractivity contribution in [2.45, 2.75) is 110 Å². The van der Waals surface area contributed by atoms with Gasteiger partial charge in [0, 0.05) is 18.3 Å². The van der Waals surface area contributed by atoms with E-state index in [4.69, 9.17) is 4.74 Å². The van der Waals surface area contributed by atoms with Crippen molar-refractivity contribution >= 4 is 30.5 Å². The van der Waals surface area contributed by atoms with Crippen LogP contribution in [0.2, 0.25) is 0 Å². The predicted molar refractivity (Wildman–Crippen MR) is 147 cm³/mol. The Hall–Kier alpha value is -2.22. The van der Waals surface area contributed by atoms with Crippen LogP contribution < -0.4 is 10.6 Å². The highest BCUT2D eigenvalue weighted by Crippen LogP contribution is 2.27. The Morgan fingerprint density at radius 3 is 2.33 bits per heavy atom. The van der Waals surface area contributed by atoms with E-state index in [1.165, 1.54) is 6.42 Å². The molecule has 7 nitrogen and oxygen atoms in total. The van der Waals surface area contributed by atoms with E-state index in [1.807, 2.05) is 39.0 Å². The van der Waals surface area contributed by atoms with Gasteiger partial charge in [0.2, 0.25) is 11.8 Å². The van der Waals surface area contributed by atoms with E-state index in [2.05, 4.69) is 23.3 Å². The molecule has 202 valence electrons. The van der Waals surface area contributed by atoms with Gasteiger partial charge in [0.1, 0.15) is 17.7 Å². The number of hydrogen-bond acceptors (Lipinski definition) is 5. The highest BCUT2D eigenvalue weighted by molar-refractivity contribution is 7.80. The summed E-state index contributed by atoms with van der Waals surface area (Å²) < 4.78 is 5.37. The molecule has 1 aliphatic carbocycles. The van der Waals surface area contributed by atoms with Crippen LogP contribution in [-0.4, -0.2) is 52.8 Å². The van der Waals surface area contributed by atoms with Crippen LogP contribution in [-0.2, 0) is 14.3 Å². The van der Waals surface area contributed by atoms with E-state index < -0.39 is 23.8 Å². The smallest absolute Gasteiger partial charge is 0.408 e. The van der Waals surface area contributed by atoms with Crippen LogP contribution in [0.25, 0.3) is 0 Å². The summed E-state index contributed by atoms with van der Waals surface area (Å²) in [6, 6.07) is 4.30. The predicted octanol–water partition coefficient (Wildman–Crippen LogP) is 5.25. The average molecular weight is 520 g/mol. The van der Waals surface area contributed by atoms with Crippen LogP contribution in [0.5, 0.6) is 0 Å². The quantitative estimate of drug-likeness (QED) is 0.369. The second-order valence-corrected chi connectivity index (χ2v) is 11.2. The van der Waals surface area contributed by atoms with E-state index in [1.54, 1.807) is 25.7 Å². The minimum atomic E-state index is -0.920. The normalized spacial score (nSPS) is 16.1. The van der Waals surface area contributed by atoms with Gasteiger partial charge in [0.15, 0.2) is 0 Å². The van der Waals surface area contributed by atoms with Crippen LogP contribution in [0.3, 0.4) is 0 Å².